The summed E-state index contributed by atoms with van der Waals surface area (Å²) in [5, 5.41) is 0.868. The molecule has 2 heterocycles. The van der Waals surface area contributed by atoms with E-state index >= 15 is 0 Å². The van der Waals surface area contributed by atoms with E-state index in [2.05, 4.69) is 6.07 Å². The smallest absolute Gasteiger partial charge is 0.337 e. The highest BCUT2D eigenvalue weighted by Gasteiger charge is 2.22. The van der Waals surface area contributed by atoms with Crippen molar-refractivity contribution in [3.8, 4) is 0 Å². The standard InChI is InChI=1S/C27H28N2O5S/c1-33-26(32)20-10-11-22-23(14-20)28-27(29(25(22)31)15-21-7-4-12-34-21)35-16-24(30)19-9-8-17-5-2-3-6-18(17)13-19/h8-11,13-14,21H,2-7,12,15-16H2,1H3. The van der Waals surface area contributed by atoms with Gasteiger partial charge in [-0.05, 0) is 73.9 Å². The number of carbonyl (C=O) groups excluding carboxylic acids is 2. The highest BCUT2D eigenvalue weighted by molar-refractivity contribution is 7.99. The van der Waals surface area contributed by atoms with Gasteiger partial charge in [-0.15, -0.1) is 0 Å². The van der Waals surface area contributed by atoms with Crippen LogP contribution in [0.4, 0.5) is 0 Å². The second-order valence-corrected chi connectivity index (χ2v) is 10.0. The van der Waals surface area contributed by atoms with Gasteiger partial charge in [-0.25, -0.2) is 9.78 Å². The first kappa shape index (κ1) is 23.8. The van der Waals surface area contributed by atoms with Crippen molar-refractivity contribution in [1.29, 1.82) is 0 Å². The van der Waals surface area contributed by atoms with Crippen molar-refractivity contribution in [2.75, 3.05) is 19.5 Å². The van der Waals surface area contributed by atoms with Gasteiger partial charge in [0.2, 0.25) is 0 Å². The number of methoxy groups -OCH3 is 1. The highest BCUT2D eigenvalue weighted by Crippen LogP contribution is 2.25. The van der Waals surface area contributed by atoms with Gasteiger partial charge in [0.05, 0.1) is 42.0 Å². The summed E-state index contributed by atoms with van der Waals surface area (Å²) in [6.45, 7) is 1.07. The Balaban J connectivity index is 1.45. The van der Waals surface area contributed by atoms with E-state index in [-0.39, 0.29) is 23.2 Å². The molecule has 1 aliphatic heterocycles. The van der Waals surface area contributed by atoms with Crippen LogP contribution in [0, 0.1) is 0 Å². The van der Waals surface area contributed by atoms with Crippen LogP contribution in [0.15, 0.2) is 46.3 Å². The lowest BCUT2D eigenvalue weighted by molar-refractivity contribution is 0.0600. The van der Waals surface area contributed by atoms with Crippen molar-refractivity contribution in [1.82, 2.24) is 9.55 Å². The molecule has 182 valence electrons. The average Bonchev–Trinajstić information content (AvgIpc) is 3.41. The SMILES string of the molecule is COC(=O)c1ccc2c(=O)n(CC3CCCO3)c(SCC(=O)c3ccc4c(c3)CCCC4)nc2c1. The maximum Gasteiger partial charge on any atom is 0.337 e. The number of nitrogens with zero attached hydrogens (tertiary/aromatic N) is 2. The van der Waals surface area contributed by atoms with E-state index in [1.54, 1.807) is 22.8 Å². The Hall–Kier alpha value is -2.97. The highest BCUT2D eigenvalue weighted by atomic mass is 32.2. The van der Waals surface area contributed by atoms with Gasteiger partial charge in [0, 0.05) is 12.2 Å². The molecule has 1 aliphatic carbocycles. The Morgan fingerprint density at radius 3 is 2.66 bits per heavy atom. The molecule has 7 nitrogen and oxygen atoms in total. The van der Waals surface area contributed by atoms with Crippen LogP contribution in [-0.2, 0) is 28.9 Å². The van der Waals surface area contributed by atoms with Gasteiger partial charge in [-0.1, -0.05) is 23.9 Å². The van der Waals surface area contributed by atoms with Gasteiger partial charge in [0.15, 0.2) is 10.9 Å². The van der Waals surface area contributed by atoms with Crippen molar-refractivity contribution in [2.45, 2.75) is 56.3 Å². The molecular weight excluding hydrogens is 464 g/mol. The lowest BCUT2D eigenvalue weighted by Crippen LogP contribution is -2.29. The maximum absolute atomic E-state index is 13.4. The molecule has 2 aromatic carbocycles. The molecule has 5 rings (SSSR count). The van der Waals surface area contributed by atoms with Crippen LogP contribution in [0.25, 0.3) is 10.9 Å². The Kier molecular flexibility index (Phi) is 7.02. The van der Waals surface area contributed by atoms with E-state index in [0.29, 0.717) is 40.3 Å². The number of Topliss-reactive ketones (excluding diaryl/α,β-unsaturated/α-hetero) is 1. The molecule has 0 amide bonds. The van der Waals surface area contributed by atoms with Crippen LogP contribution in [-0.4, -0.2) is 46.9 Å². The third kappa shape index (κ3) is 5.04. The fourth-order valence-corrected chi connectivity index (χ4v) is 5.73. The van der Waals surface area contributed by atoms with Crippen molar-refractivity contribution in [3.05, 3.63) is 69.0 Å². The van der Waals surface area contributed by atoms with E-state index in [1.165, 1.54) is 36.4 Å². The average molecular weight is 493 g/mol. The lowest BCUT2D eigenvalue weighted by Gasteiger charge is -2.17. The second kappa shape index (κ2) is 10.3. The fourth-order valence-electron chi connectivity index (χ4n) is 4.83. The number of esters is 1. The van der Waals surface area contributed by atoms with E-state index in [1.807, 2.05) is 12.1 Å². The van der Waals surface area contributed by atoms with Crippen molar-refractivity contribution in [2.24, 2.45) is 0 Å². The van der Waals surface area contributed by atoms with Crippen LogP contribution in [0.5, 0.6) is 0 Å². The molecule has 0 bridgehead atoms. The molecule has 1 atom stereocenters. The molecule has 1 aromatic heterocycles. The number of fused-ring (bicyclic) bond motifs is 2. The van der Waals surface area contributed by atoms with E-state index in [4.69, 9.17) is 14.5 Å². The fraction of sp³-hybridized carbons (Fsp3) is 0.407. The van der Waals surface area contributed by atoms with Gasteiger partial charge in [0.1, 0.15) is 0 Å². The van der Waals surface area contributed by atoms with E-state index in [0.717, 1.165) is 32.1 Å². The first-order valence-corrected chi connectivity index (χ1v) is 13.0. The molecule has 0 spiro atoms. The Bertz CT molecular complexity index is 1340. The molecule has 1 saturated heterocycles. The summed E-state index contributed by atoms with van der Waals surface area (Å²) in [5.41, 5.74) is 3.82. The Morgan fingerprint density at radius 1 is 1.09 bits per heavy atom. The maximum atomic E-state index is 13.4. The minimum atomic E-state index is -0.492. The third-order valence-electron chi connectivity index (χ3n) is 6.75. The molecular formula is C27H28N2O5S. The Labute approximate surface area is 207 Å². The number of aromatic nitrogens is 2. The summed E-state index contributed by atoms with van der Waals surface area (Å²) in [5.74, 6) is -0.322. The zero-order valence-corrected chi connectivity index (χ0v) is 20.6. The number of rotatable bonds is 7. The molecule has 8 heteroatoms. The third-order valence-corrected chi connectivity index (χ3v) is 7.73. The number of ether oxygens (including phenoxy) is 2. The number of aryl methyl sites for hydroxylation is 2. The van der Waals surface area contributed by atoms with Gasteiger partial charge >= 0.3 is 5.97 Å². The van der Waals surface area contributed by atoms with Gasteiger partial charge in [-0.2, -0.15) is 0 Å². The normalized spacial score (nSPS) is 17.3. The molecule has 0 N–H and O–H groups in total. The summed E-state index contributed by atoms with van der Waals surface area (Å²) in [6.07, 6.45) is 6.22. The van der Waals surface area contributed by atoms with Crippen molar-refractivity contribution < 1.29 is 19.1 Å². The molecule has 1 fully saturated rings. The van der Waals surface area contributed by atoms with Gasteiger partial charge < -0.3 is 9.47 Å². The van der Waals surface area contributed by atoms with Crippen LogP contribution in [0.3, 0.4) is 0 Å². The predicted octanol–water partition coefficient (Wildman–Crippen LogP) is 4.22. The number of carbonyl (C=O) groups is 2. The van der Waals surface area contributed by atoms with E-state index in [9.17, 15) is 14.4 Å². The van der Waals surface area contributed by atoms with Crippen LogP contribution >= 0.6 is 11.8 Å². The summed E-state index contributed by atoms with van der Waals surface area (Å²) < 4.78 is 12.2. The molecule has 0 saturated carbocycles. The number of benzene rings is 2. The first-order chi connectivity index (χ1) is 17.0. The van der Waals surface area contributed by atoms with Crippen LogP contribution < -0.4 is 5.56 Å². The number of thioether (sulfide) groups is 1. The minimum Gasteiger partial charge on any atom is -0.465 e. The van der Waals surface area contributed by atoms with Gasteiger partial charge in [-0.3, -0.25) is 14.2 Å². The van der Waals surface area contributed by atoms with Gasteiger partial charge in [0.25, 0.3) is 5.56 Å². The number of ketones is 1. The van der Waals surface area contributed by atoms with Crippen LogP contribution in [0.1, 0.15) is 57.5 Å². The molecule has 35 heavy (non-hydrogen) atoms. The van der Waals surface area contributed by atoms with Crippen molar-refractivity contribution >= 4 is 34.4 Å². The molecule has 3 aromatic rings. The summed E-state index contributed by atoms with van der Waals surface area (Å²) in [7, 11) is 1.31. The molecule has 0 radical (unpaired) electrons. The lowest BCUT2D eigenvalue weighted by atomic mass is 9.90. The first-order valence-electron chi connectivity index (χ1n) is 12.1. The van der Waals surface area contributed by atoms with E-state index < -0.39 is 5.97 Å². The minimum absolute atomic E-state index is 0.00435. The summed E-state index contributed by atoms with van der Waals surface area (Å²) in [4.78, 5) is 43.2. The second-order valence-electron chi connectivity index (χ2n) is 9.07. The zero-order valence-electron chi connectivity index (χ0n) is 19.7. The summed E-state index contributed by atoms with van der Waals surface area (Å²) in [6, 6.07) is 10.7. The Morgan fingerprint density at radius 2 is 1.89 bits per heavy atom. The molecule has 2 aliphatic rings. The predicted molar refractivity (Wildman–Crippen MR) is 134 cm³/mol. The zero-order chi connectivity index (χ0) is 24.4. The molecule has 1 unspecified atom stereocenters. The number of hydrogen-bond donors (Lipinski definition) is 0. The van der Waals surface area contributed by atoms with Crippen molar-refractivity contribution in [3.63, 3.8) is 0 Å². The monoisotopic (exact) mass is 492 g/mol. The quantitative estimate of drug-likeness (QED) is 0.211. The largest absolute Gasteiger partial charge is 0.465 e. The summed E-state index contributed by atoms with van der Waals surface area (Å²) >= 11 is 1.25. The van der Waals surface area contributed by atoms with Crippen LogP contribution in [0.2, 0.25) is 0 Å². The topological polar surface area (TPSA) is 87.5 Å². The number of hydrogen-bond acceptors (Lipinski definition) is 7.